The number of aryl methyl sites for hydroxylation is 1. The Bertz CT molecular complexity index is 692. The maximum absolute atomic E-state index is 6.25. The molecule has 2 heterocycles. The normalized spacial score (nSPS) is 12.7. The Morgan fingerprint density at radius 3 is 2.95 bits per heavy atom. The van der Waals surface area contributed by atoms with Crippen molar-refractivity contribution < 1.29 is 0 Å². The van der Waals surface area contributed by atoms with E-state index in [1.165, 1.54) is 10.9 Å². The highest BCUT2D eigenvalue weighted by Crippen LogP contribution is 2.22. The number of rotatable bonds is 3. The molecule has 3 aromatic rings. The van der Waals surface area contributed by atoms with E-state index in [1.54, 1.807) is 11.3 Å². The van der Waals surface area contributed by atoms with Crippen LogP contribution in [0.25, 0.3) is 10.9 Å². The van der Waals surface area contributed by atoms with E-state index < -0.39 is 0 Å². The fourth-order valence-electron chi connectivity index (χ4n) is 2.21. The topological polar surface area (TPSA) is 51.8 Å². The van der Waals surface area contributed by atoms with Gasteiger partial charge in [-0.25, -0.2) is 4.98 Å². The highest BCUT2D eigenvalue weighted by Gasteiger charge is 2.12. The van der Waals surface area contributed by atoms with Crippen molar-refractivity contribution in [3.05, 3.63) is 58.2 Å². The van der Waals surface area contributed by atoms with Gasteiger partial charge in [-0.15, -0.1) is 11.3 Å². The summed E-state index contributed by atoms with van der Waals surface area (Å²) in [5, 5.41) is 4.22. The number of hydrogen-bond donors (Lipinski definition) is 1. The third-order valence-electron chi connectivity index (χ3n) is 3.20. The number of para-hydroxylation sites is 1. The van der Waals surface area contributed by atoms with Crippen LogP contribution in [0.5, 0.6) is 0 Å². The van der Waals surface area contributed by atoms with Gasteiger partial charge in [0.1, 0.15) is 0 Å². The molecule has 0 fully saturated rings. The zero-order valence-corrected chi connectivity index (χ0v) is 11.5. The van der Waals surface area contributed by atoms with E-state index >= 15 is 0 Å². The quantitative estimate of drug-likeness (QED) is 0.794. The molecule has 96 valence electrons. The molecule has 0 radical (unpaired) electrons. The zero-order chi connectivity index (χ0) is 13.2. The second-order valence-electron chi connectivity index (χ2n) is 4.62. The smallest absolute Gasteiger partial charge is 0.0944 e. The van der Waals surface area contributed by atoms with Crippen LogP contribution in [0.3, 0.4) is 0 Å². The average molecular weight is 269 g/mol. The molecule has 1 atom stereocenters. The molecule has 19 heavy (non-hydrogen) atoms. The van der Waals surface area contributed by atoms with Gasteiger partial charge in [0.25, 0.3) is 0 Å². The van der Waals surface area contributed by atoms with Crippen molar-refractivity contribution in [1.29, 1.82) is 0 Å². The maximum Gasteiger partial charge on any atom is 0.0944 e. The number of benzene rings is 1. The third kappa shape index (κ3) is 2.50. The molecule has 0 spiro atoms. The number of aromatic nitrogens is 2. The lowest BCUT2D eigenvalue weighted by Gasteiger charge is -2.12. The number of thiazole rings is 1. The van der Waals surface area contributed by atoms with E-state index in [9.17, 15) is 0 Å². The summed E-state index contributed by atoms with van der Waals surface area (Å²) in [5.41, 5.74) is 9.41. The molecule has 2 aromatic heterocycles. The largest absolute Gasteiger partial charge is 0.322 e. The van der Waals surface area contributed by atoms with Crippen molar-refractivity contribution in [2.24, 2.45) is 5.73 Å². The highest BCUT2D eigenvalue weighted by molar-refractivity contribution is 7.09. The number of hydrogen-bond acceptors (Lipinski definition) is 4. The molecule has 3 nitrogen and oxygen atoms in total. The van der Waals surface area contributed by atoms with Crippen LogP contribution in [0, 0.1) is 6.92 Å². The van der Waals surface area contributed by atoms with Crippen molar-refractivity contribution in [1.82, 2.24) is 9.97 Å². The molecule has 0 aliphatic rings. The summed E-state index contributed by atoms with van der Waals surface area (Å²) >= 11 is 1.63. The number of nitrogens with two attached hydrogens (primary N) is 1. The first-order valence-corrected chi connectivity index (χ1v) is 7.12. The van der Waals surface area contributed by atoms with Gasteiger partial charge in [-0.1, -0.05) is 18.2 Å². The van der Waals surface area contributed by atoms with Gasteiger partial charge in [0.2, 0.25) is 0 Å². The molecule has 0 aliphatic heterocycles. The Kier molecular flexibility index (Phi) is 3.27. The van der Waals surface area contributed by atoms with Crippen molar-refractivity contribution in [3.8, 4) is 0 Å². The molecular weight excluding hydrogens is 254 g/mol. The van der Waals surface area contributed by atoms with Crippen LogP contribution >= 0.6 is 11.3 Å². The predicted octanol–water partition coefficient (Wildman–Crippen LogP) is 3.24. The van der Waals surface area contributed by atoms with E-state index in [-0.39, 0.29) is 6.04 Å². The first-order valence-electron chi connectivity index (χ1n) is 6.24. The van der Waals surface area contributed by atoms with E-state index in [0.29, 0.717) is 0 Å². The summed E-state index contributed by atoms with van der Waals surface area (Å²) in [6.45, 7) is 2.10. The van der Waals surface area contributed by atoms with Crippen molar-refractivity contribution in [3.63, 3.8) is 0 Å². The van der Waals surface area contributed by atoms with Gasteiger partial charge >= 0.3 is 0 Å². The van der Waals surface area contributed by atoms with Gasteiger partial charge < -0.3 is 5.73 Å². The fraction of sp³-hybridized carbons (Fsp3) is 0.200. The van der Waals surface area contributed by atoms with Gasteiger partial charge in [0.15, 0.2) is 0 Å². The summed E-state index contributed by atoms with van der Waals surface area (Å²) in [6, 6.07) is 10.1. The molecule has 4 heteroatoms. The monoisotopic (exact) mass is 269 g/mol. The summed E-state index contributed by atoms with van der Waals surface area (Å²) in [4.78, 5) is 8.95. The molecule has 3 rings (SSSR count). The van der Waals surface area contributed by atoms with E-state index in [0.717, 1.165) is 22.6 Å². The van der Waals surface area contributed by atoms with Gasteiger partial charge in [0, 0.05) is 23.4 Å². The van der Waals surface area contributed by atoms with Crippen LogP contribution in [-0.2, 0) is 6.42 Å². The molecule has 0 saturated carbocycles. The van der Waals surface area contributed by atoms with Crippen LogP contribution in [0.1, 0.15) is 22.3 Å². The number of nitrogens with zero attached hydrogens (tertiary/aromatic N) is 2. The maximum atomic E-state index is 6.25. The van der Waals surface area contributed by atoms with Crippen LogP contribution in [0.2, 0.25) is 0 Å². The first kappa shape index (κ1) is 12.3. The summed E-state index contributed by atoms with van der Waals surface area (Å²) < 4.78 is 0. The number of fused-ring (bicyclic) bond motifs is 1. The SMILES string of the molecule is Cc1cc(C(N)Cc2nccs2)nc2ccccc12. The standard InChI is InChI=1S/C15H15N3S/c1-10-8-14(12(16)9-15-17-6-7-19-15)18-13-5-3-2-4-11(10)13/h2-8,12H,9,16H2,1H3. The van der Waals surface area contributed by atoms with Crippen molar-refractivity contribution >= 4 is 22.2 Å². The summed E-state index contributed by atoms with van der Waals surface area (Å²) in [5.74, 6) is 0. The summed E-state index contributed by atoms with van der Waals surface area (Å²) in [6.07, 6.45) is 2.55. The van der Waals surface area contributed by atoms with E-state index in [2.05, 4.69) is 29.0 Å². The van der Waals surface area contributed by atoms with Crippen LogP contribution in [0.15, 0.2) is 41.9 Å². The molecular formula is C15H15N3S. The first-order chi connectivity index (χ1) is 9.24. The molecule has 0 amide bonds. The Morgan fingerprint density at radius 1 is 1.32 bits per heavy atom. The van der Waals surface area contributed by atoms with Gasteiger partial charge in [-0.2, -0.15) is 0 Å². The highest BCUT2D eigenvalue weighted by atomic mass is 32.1. The van der Waals surface area contributed by atoms with Crippen LogP contribution in [-0.4, -0.2) is 9.97 Å². The molecule has 0 saturated heterocycles. The Labute approximate surface area is 116 Å². The van der Waals surface area contributed by atoms with E-state index in [1.807, 2.05) is 29.8 Å². The molecule has 2 N–H and O–H groups in total. The Morgan fingerprint density at radius 2 is 2.16 bits per heavy atom. The van der Waals surface area contributed by atoms with Crippen molar-refractivity contribution in [2.75, 3.05) is 0 Å². The molecule has 0 aliphatic carbocycles. The Hall–Kier alpha value is -1.78. The molecule has 0 bridgehead atoms. The minimum Gasteiger partial charge on any atom is -0.322 e. The lowest BCUT2D eigenvalue weighted by Crippen LogP contribution is -2.15. The fourth-order valence-corrected chi connectivity index (χ4v) is 2.89. The lowest BCUT2D eigenvalue weighted by atomic mass is 10.0. The molecule has 1 aromatic carbocycles. The third-order valence-corrected chi connectivity index (χ3v) is 4.00. The average Bonchev–Trinajstić information content (AvgIpc) is 2.91. The van der Waals surface area contributed by atoms with Gasteiger partial charge in [-0.05, 0) is 24.6 Å². The Balaban J connectivity index is 1.96. The van der Waals surface area contributed by atoms with Crippen LogP contribution in [0.4, 0.5) is 0 Å². The van der Waals surface area contributed by atoms with Gasteiger partial charge in [-0.3, -0.25) is 4.98 Å². The minimum absolute atomic E-state index is 0.102. The second-order valence-corrected chi connectivity index (χ2v) is 5.60. The molecule has 1 unspecified atom stereocenters. The van der Waals surface area contributed by atoms with Crippen molar-refractivity contribution in [2.45, 2.75) is 19.4 Å². The second kappa shape index (κ2) is 5.07. The summed E-state index contributed by atoms with van der Waals surface area (Å²) in [7, 11) is 0. The zero-order valence-electron chi connectivity index (χ0n) is 10.7. The minimum atomic E-state index is -0.102. The lowest BCUT2D eigenvalue weighted by molar-refractivity contribution is 0.696. The number of pyridine rings is 1. The van der Waals surface area contributed by atoms with Crippen LogP contribution < -0.4 is 5.73 Å². The van der Waals surface area contributed by atoms with Gasteiger partial charge in [0.05, 0.1) is 22.3 Å². The van der Waals surface area contributed by atoms with E-state index in [4.69, 9.17) is 5.73 Å². The predicted molar refractivity (Wildman–Crippen MR) is 79.2 cm³/mol.